The van der Waals surface area contributed by atoms with E-state index >= 15 is 0 Å². The Hall–Kier alpha value is -2.62. The lowest BCUT2D eigenvalue weighted by molar-refractivity contribution is 0.519. The number of anilines is 1. The van der Waals surface area contributed by atoms with Gasteiger partial charge < -0.3 is 5.32 Å². The van der Waals surface area contributed by atoms with Gasteiger partial charge in [-0.05, 0) is 25.5 Å². The number of hydrogen-bond donors (Lipinski definition) is 1. The zero-order chi connectivity index (χ0) is 17.1. The highest BCUT2D eigenvalue weighted by molar-refractivity contribution is 5.87. The second-order valence-electron chi connectivity index (χ2n) is 5.88. The molecule has 3 aromatic rings. The lowest BCUT2D eigenvalue weighted by atomic mass is 9.96. The van der Waals surface area contributed by atoms with Crippen molar-refractivity contribution in [3.8, 4) is 22.5 Å². The first-order chi connectivity index (χ1) is 11.8. The third-order valence-corrected chi connectivity index (χ3v) is 4.11. The van der Waals surface area contributed by atoms with Gasteiger partial charge in [0.25, 0.3) is 0 Å². The molecule has 24 heavy (non-hydrogen) atoms. The first-order valence-electron chi connectivity index (χ1n) is 8.62. The zero-order valence-electron chi connectivity index (χ0n) is 14.7. The van der Waals surface area contributed by atoms with Crippen LogP contribution in [0.15, 0.2) is 48.5 Å². The van der Waals surface area contributed by atoms with Gasteiger partial charge in [0.1, 0.15) is 5.69 Å². The molecule has 0 bridgehead atoms. The van der Waals surface area contributed by atoms with Crippen LogP contribution in [0.25, 0.3) is 22.5 Å². The first kappa shape index (κ1) is 16.2. The van der Waals surface area contributed by atoms with Crippen LogP contribution in [-0.4, -0.2) is 15.0 Å². The lowest BCUT2D eigenvalue weighted by Gasteiger charge is -2.20. The van der Waals surface area contributed by atoms with E-state index in [0.29, 0.717) is 0 Å². The molecule has 0 fully saturated rings. The Labute approximate surface area is 143 Å². The fourth-order valence-electron chi connectivity index (χ4n) is 3.03. The number of hydrogen-bond acceptors (Lipinski definition) is 3. The molecule has 4 nitrogen and oxygen atoms in total. The van der Waals surface area contributed by atoms with Crippen molar-refractivity contribution in [1.29, 1.82) is 0 Å². The molecule has 2 aromatic carbocycles. The minimum atomic E-state index is 0.260. The molecule has 1 aromatic heterocycles. The summed E-state index contributed by atoms with van der Waals surface area (Å²) in [7, 11) is 0. The number of nitrogens with one attached hydrogen (secondary N) is 1. The molecule has 1 N–H and O–H groups in total. The molecular formula is C20H24N4. The van der Waals surface area contributed by atoms with E-state index in [9.17, 15) is 0 Å². The molecule has 1 aliphatic heterocycles. The van der Waals surface area contributed by atoms with Crippen molar-refractivity contribution >= 4 is 5.69 Å². The van der Waals surface area contributed by atoms with Gasteiger partial charge in [-0.3, -0.25) is 0 Å². The minimum Gasteiger partial charge on any atom is -0.380 e. The summed E-state index contributed by atoms with van der Waals surface area (Å²) in [5.41, 5.74) is 6.75. The fourth-order valence-corrected chi connectivity index (χ4v) is 3.03. The molecule has 2 heterocycles. The van der Waals surface area contributed by atoms with Crippen LogP contribution >= 0.6 is 0 Å². The summed E-state index contributed by atoms with van der Waals surface area (Å²) in [6.07, 6.45) is 0. The second-order valence-corrected chi connectivity index (χ2v) is 5.88. The third-order valence-electron chi connectivity index (χ3n) is 4.11. The predicted molar refractivity (Wildman–Crippen MR) is 100.0 cm³/mol. The van der Waals surface area contributed by atoms with E-state index in [0.717, 1.165) is 34.7 Å². The molecule has 0 saturated carbocycles. The predicted octanol–water partition coefficient (Wildman–Crippen LogP) is 5.14. The van der Waals surface area contributed by atoms with Crippen LogP contribution in [0.5, 0.6) is 0 Å². The zero-order valence-corrected chi connectivity index (χ0v) is 14.7. The maximum absolute atomic E-state index is 4.51. The smallest absolute Gasteiger partial charge is 0.121 e. The average molecular weight is 320 g/mol. The monoisotopic (exact) mass is 320 g/mol. The summed E-state index contributed by atoms with van der Waals surface area (Å²) in [5.74, 6) is 0. The topological polar surface area (TPSA) is 42.7 Å². The molecule has 0 amide bonds. The highest BCUT2D eigenvalue weighted by atomic mass is 15.4. The van der Waals surface area contributed by atoms with Crippen LogP contribution < -0.4 is 5.32 Å². The summed E-state index contributed by atoms with van der Waals surface area (Å²) < 4.78 is 2.01. The van der Waals surface area contributed by atoms with Gasteiger partial charge >= 0.3 is 0 Å². The van der Waals surface area contributed by atoms with Gasteiger partial charge in [-0.1, -0.05) is 61.5 Å². The van der Waals surface area contributed by atoms with E-state index < -0.39 is 0 Å². The summed E-state index contributed by atoms with van der Waals surface area (Å²) >= 11 is 0. The van der Waals surface area contributed by atoms with Crippen molar-refractivity contribution in [2.75, 3.05) is 5.32 Å². The summed E-state index contributed by atoms with van der Waals surface area (Å²) in [6, 6.07) is 17.0. The standard InChI is InChI=1S/C18H18N4.C2H6/c1-12(2)22-18-15-9-5-6-10-16(15)19-11-13-7-3-4-8-14(13)17(18)20-21-22;1-2/h3-10,12,19H,11H2,1-2H3;1-2H3. The van der Waals surface area contributed by atoms with Gasteiger partial charge in [0.2, 0.25) is 0 Å². The number of rotatable bonds is 1. The second kappa shape index (κ2) is 6.87. The van der Waals surface area contributed by atoms with Crippen molar-refractivity contribution in [1.82, 2.24) is 15.0 Å². The van der Waals surface area contributed by atoms with Crippen molar-refractivity contribution in [3.05, 3.63) is 54.1 Å². The van der Waals surface area contributed by atoms with E-state index in [1.807, 2.05) is 18.5 Å². The van der Waals surface area contributed by atoms with E-state index in [2.05, 4.69) is 78.0 Å². The van der Waals surface area contributed by atoms with Crippen LogP contribution in [0.1, 0.15) is 39.3 Å². The molecule has 0 aliphatic carbocycles. The van der Waals surface area contributed by atoms with Crippen molar-refractivity contribution < 1.29 is 0 Å². The van der Waals surface area contributed by atoms with Crippen molar-refractivity contribution in [2.24, 2.45) is 0 Å². The van der Waals surface area contributed by atoms with Crippen LogP contribution in [0.4, 0.5) is 5.69 Å². The highest BCUT2D eigenvalue weighted by Gasteiger charge is 2.23. The molecule has 0 spiro atoms. The Morgan fingerprint density at radius 3 is 2.38 bits per heavy atom. The van der Waals surface area contributed by atoms with Crippen LogP contribution in [0.2, 0.25) is 0 Å². The average Bonchev–Trinajstić information content (AvgIpc) is 3.05. The van der Waals surface area contributed by atoms with Gasteiger partial charge in [-0.25, -0.2) is 4.68 Å². The molecule has 124 valence electrons. The summed E-state index contributed by atoms with van der Waals surface area (Å²) in [4.78, 5) is 0. The van der Waals surface area contributed by atoms with Gasteiger partial charge in [0, 0.05) is 29.4 Å². The first-order valence-corrected chi connectivity index (χ1v) is 8.62. The van der Waals surface area contributed by atoms with Gasteiger partial charge in [0.05, 0.1) is 5.69 Å². The molecular weight excluding hydrogens is 296 g/mol. The van der Waals surface area contributed by atoms with Crippen molar-refractivity contribution in [3.63, 3.8) is 0 Å². The highest BCUT2D eigenvalue weighted by Crippen LogP contribution is 2.39. The fraction of sp³-hybridized carbons (Fsp3) is 0.300. The Bertz CT molecular complexity index is 833. The lowest BCUT2D eigenvalue weighted by Crippen LogP contribution is -2.09. The molecule has 4 rings (SSSR count). The minimum absolute atomic E-state index is 0.260. The normalized spacial score (nSPS) is 11.9. The van der Waals surface area contributed by atoms with E-state index in [1.165, 1.54) is 5.56 Å². The van der Waals surface area contributed by atoms with E-state index in [1.54, 1.807) is 0 Å². The van der Waals surface area contributed by atoms with Crippen LogP contribution in [0, 0.1) is 0 Å². The van der Waals surface area contributed by atoms with Gasteiger partial charge in [0.15, 0.2) is 0 Å². The molecule has 0 unspecified atom stereocenters. The summed E-state index contributed by atoms with van der Waals surface area (Å²) in [6.45, 7) is 9.06. The Morgan fingerprint density at radius 2 is 1.62 bits per heavy atom. The quantitative estimate of drug-likeness (QED) is 0.674. The Morgan fingerprint density at radius 1 is 0.958 bits per heavy atom. The van der Waals surface area contributed by atoms with Gasteiger partial charge in [-0.2, -0.15) is 0 Å². The number of aromatic nitrogens is 3. The number of para-hydroxylation sites is 1. The number of benzene rings is 2. The molecule has 4 heteroatoms. The number of fused-ring (bicyclic) bond motifs is 5. The van der Waals surface area contributed by atoms with Crippen molar-refractivity contribution in [2.45, 2.75) is 40.3 Å². The molecule has 1 aliphatic rings. The number of nitrogens with zero attached hydrogens (tertiary/aromatic N) is 3. The van der Waals surface area contributed by atoms with Crippen LogP contribution in [0.3, 0.4) is 0 Å². The maximum Gasteiger partial charge on any atom is 0.121 e. The summed E-state index contributed by atoms with van der Waals surface area (Å²) in [5, 5.41) is 12.5. The van der Waals surface area contributed by atoms with Crippen LogP contribution in [-0.2, 0) is 6.54 Å². The Balaban J connectivity index is 0.000000815. The molecule has 0 atom stereocenters. The SMILES string of the molecule is CC.CC(C)n1nnc2c1-c1ccccc1NCc1ccccc1-2. The van der Waals surface area contributed by atoms with E-state index in [-0.39, 0.29) is 6.04 Å². The van der Waals surface area contributed by atoms with Gasteiger partial charge in [-0.15, -0.1) is 5.10 Å². The maximum atomic E-state index is 4.51. The third kappa shape index (κ3) is 2.68. The Kier molecular flexibility index (Phi) is 4.65. The largest absolute Gasteiger partial charge is 0.380 e. The molecule has 0 saturated heterocycles. The molecule has 0 radical (unpaired) electrons. The van der Waals surface area contributed by atoms with E-state index in [4.69, 9.17) is 0 Å².